The van der Waals surface area contributed by atoms with Gasteiger partial charge in [0.15, 0.2) is 0 Å². The lowest BCUT2D eigenvalue weighted by Crippen LogP contribution is -2.38. The minimum absolute atomic E-state index is 0.221. The third-order valence-corrected chi connectivity index (χ3v) is 3.12. The number of esters is 1. The average Bonchev–Trinajstić information content (AvgIpc) is 2.49. The van der Waals surface area contributed by atoms with Crippen molar-refractivity contribution in [3.8, 4) is 0 Å². The van der Waals surface area contributed by atoms with Crippen molar-refractivity contribution in [2.24, 2.45) is 5.92 Å². The smallest absolute Gasteiger partial charge is 0.408 e. The van der Waals surface area contributed by atoms with Gasteiger partial charge in [-0.2, -0.15) is 0 Å². The van der Waals surface area contributed by atoms with Crippen LogP contribution in [-0.2, 0) is 20.9 Å². The normalized spacial score (nSPS) is 12.9. The monoisotopic (exact) mass is 347 g/mol. The molecule has 0 saturated carbocycles. The van der Waals surface area contributed by atoms with Crippen LogP contribution in [-0.4, -0.2) is 23.7 Å². The van der Waals surface area contributed by atoms with Crippen molar-refractivity contribution in [2.45, 2.75) is 59.3 Å². The van der Waals surface area contributed by atoms with Crippen LogP contribution in [0.5, 0.6) is 0 Å². The van der Waals surface area contributed by atoms with Gasteiger partial charge >= 0.3 is 12.1 Å². The van der Waals surface area contributed by atoms with Gasteiger partial charge in [0.25, 0.3) is 0 Å². The molecule has 1 aromatic carbocycles. The van der Waals surface area contributed by atoms with Crippen LogP contribution in [0.2, 0.25) is 0 Å². The molecule has 1 atom stereocenters. The molecule has 25 heavy (non-hydrogen) atoms. The molecule has 0 saturated heterocycles. The van der Waals surface area contributed by atoms with E-state index in [9.17, 15) is 9.59 Å². The Labute approximate surface area is 150 Å². The summed E-state index contributed by atoms with van der Waals surface area (Å²) in [7, 11) is 0. The fraction of sp³-hybridized carbons (Fsp3) is 0.500. The highest BCUT2D eigenvalue weighted by Gasteiger charge is 2.19. The van der Waals surface area contributed by atoms with E-state index in [0.29, 0.717) is 12.3 Å². The maximum Gasteiger partial charge on any atom is 0.408 e. The van der Waals surface area contributed by atoms with Crippen molar-refractivity contribution < 1.29 is 19.1 Å². The Kier molecular flexibility index (Phi) is 8.19. The second kappa shape index (κ2) is 9.87. The highest BCUT2D eigenvalue weighted by atomic mass is 16.6. The van der Waals surface area contributed by atoms with Gasteiger partial charge in [-0.1, -0.05) is 50.3 Å². The van der Waals surface area contributed by atoms with Crippen molar-refractivity contribution in [1.29, 1.82) is 0 Å². The first-order valence-electron chi connectivity index (χ1n) is 8.54. The van der Waals surface area contributed by atoms with Crippen molar-refractivity contribution in [2.75, 3.05) is 0 Å². The minimum Gasteiger partial charge on any atom is -0.458 e. The van der Waals surface area contributed by atoms with Gasteiger partial charge in [0, 0.05) is 6.08 Å². The van der Waals surface area contributed by atoms with Crippen LogP contribution in [0.25, 0.3) is 0 Å². The van der Waals surface area contributed by atoms with E-state index in [0.717, 1.165) is 5.56 Å². The number of carbonyl (C=O) groups excluding carboxylic acids is 2. The molecule has 0 aliphatic rings. The summed E-state index contributed by atoms with van der Waals surface area (Å²) in [4.78, 5) is 23.8. The number of hydrogen-bond acceptors (Lipinski definition) is 4. The van der Waals surface area contributed by atoms with Crippen LogP contribution in [0.1, 0.15) is 46.6 Å². The molecule has 0 unspecified atom stereocenters. The molecular weight excluding hydrogens is 318 g/mol. The minimum atomic E-state index is -0.565. The van der Waals surface area contributed by atoms with E-state index in [1.165, 1.54) is 6.08 Å². The lowest BCUT2D eigenvalue weighted by Gasteiger charge is -2.23. The molecule has 0 radical (unpaired) electrons. The summed E-state index contributed by atoms with van der Waals surface area (Å²) < 4.78 is 10.5. The van der Waals surface area contributed by atoms with Crippen molar-refractivity contribution in [3.63, 3.8) is 0 Å². The molecule has 0 aliphatic carbocycles. The molecule has 0 aliphatic heterocycles. The number of hydrogen-bond donors (Lipinski definition) is 1. The first kappa shape index (κ1) is 20.7. The van der Waals surface area contributed by atoms with E-state index >= 15 is 0 Å². The Morgan fingerprint density at radius 2 is 1.80 bits per heavy atom. The van der Waals surface area contributed by atoms with Gasteiger partial charge in [0.2, 0.25) is 0 Å². The maximum absolute atomic E-state index is 11.9. The van der Waals surface area contributed by atoms with Gasteiger partial charge in [0.1, 0.15) is 12.2 Å². The van der Waals surface area contributed by atoms with E-state index in [-0.39, 0.29) is 12.6 Å². The quantitative estimate of drug-likeness (QED) is 0.592. The zero-order valence-corrected chi connectivity index (χ0v) is 15.7. The van der Waals surface area contributed by atoms with Crippen LogP contribution in [0.15, 0.2) is 42.5 Å². The Balaban J connectivity index is 2.56. The number of benzene rings is 1. The first-order chi connectivity index (χ1) is 11.7. The molecule has 1 rings (SSSR count). The Morgan fingerprint density at radius 1 is 1.16 bits per heavy atom. The van der Waals surface area contributed by atoms with E-state index < -0.39 is 17.7 Å². The third-order valence-electron chi connectivity index (χ3n) is 3.12. The zero-order valence-electron chi connectivity index (χ0n) is 15.7. The van der Waals surface area contributed by atoms with E-state index in [1.807, 2.05) is 44.2 Å². The van der Waals surface area contributed by atoms with Crippen LogP contribution < -0.4 is 5.32 Å². The summed E-state index contributed by atoms with van der Waals surface area (Å²) in [6, 6.07) is 9.18. The second-order valence-corrected chi connectivity index (χ2v) is 7.33. The molecule has 1 amide bonds. The number of ether oxygens (including phenoxy) is 2. The Hall–Kier alpha value is -2.30. The van der Waals surface area contributed by atoms with Gasteiger partial charge < -0.3 is 14.8 Å². The van der Waals surface area contributed by atoms with Crippen LogP contribution >= 0.6 is 0 Å². The maximum atomic E-state index is 11.9. The summed E-state index contributed by atoms with van der Waals surface area (Å²) in [6.07, 6.45) is 3.20. The van der Waals surface area contributed by atoms with Crippen LogP contribution in [0, 0.1) is 5.92 Å². The predicted molar refractivity (Wildman–Crippen MR) is 98.0 cm³/mol. The molecule has 0 bridgehead atoms. The molecule has 0 aromatic heterocycles. The molecule has 0 fully saturated rings. The van der Waals surface area contributed by atoms with Gasteiger partial charge in [-0.05, 0) is 38.7 Å². The fourth-order valence-corrected chi connectivity index (χ4v) is 2.12. The molecule has 5 heteroatoms. The predicted octanol–water partition coefficient (Wildman–Crippen LogP) is 4.23. The van der Waals surface area contributed by atoms with Gasteiger partial charge in [-0.15, -0.1) is 0 Å². The zero-order chi connectivity index (χ0) is 18.9. The van der Waals surface area contributed by atoms with Gasteiger partial charge in [-0.3, -0.25) is 0 Å². The number of alkyl carbamates (subject to hydrolysis) is 1. The summed E-state index contributed by atoms with van der Waals surface area (Å²) in [6.45, 7) is 9.73. The molecule has 138 valence electrons. The van der Waals surface area contributed by atoms with E-state index in [1.54, 1.807) is 26.8 Å². The van der Waals surface area contributed by atoms with Crippen molar-refractivity contribution >= 4 is 12.1 Å². The molecular formula is C20H29NO4. The van der Waals surface area contributed by atoms with E-state index in [4.69, 9.17) is 9.47 Å². The highest BCUT2D eigenvalue weighted by Crippen LogP contribution is 2.10. The van der Waals surface area contributed by atoms with Gasteiger partial charge in [-0.25, -0.2) is 9.59 Å². The molecule has 1 N–H and O–H groups in total. The average molecular weight is 347 g/mol. The summed E-state index contributed by atoms with van der Waals surface area (Å²) in [5.74, 6) is -0.0893. The largest absolute Gasteiger partial charge is 0.458 e. The number of nitrogens with one attached hydrogen (secondary N) is 1. The molecule has 5 nitrogen and oxygen atoms in total. The van der Waals surface area contributed by atoms with E-state index in [2.05, 4.69) is 5.32 Å². The molecule has 0 heterocycles. The Morgan fingerprint density at radius 3 is 2.36 bits per heavy atom. The van der Waals surface area contributed by atoms with Crippen LogP contribution in [0.4, 0.5) is 4.79 Å². The lowest BCUT2D eigenvalue weighted by molar-refractivity contribution is -0.139. The summed E-state index contributed by atoms with van der Waals surface area (Å²) in [5, 5.41) is 2.78. The van der Waals surface area contributed by atoms with Crippen molar-refractivity contribution in [1.82, 2.24) is 5.32 Å². The van der Waals surface area contributed by atoms with Gasteiger partial charge in [0.05, 0.1) is 6.04 Å². The molecule has 1 aromatic rings. The summed E-state index contributed by atoms with van der Waals surface area (Å²) in [5.41, 5.74) is 0.361. The van der Waals surface area contributed by atoms with Crippen molar-refractivity contribution in [3.05, 3.63) is 48.0 Å². The Bertz CT molecular complexity index is 573. The third kappa shape index (κ3) is 10.2. The standard InChI is InChI=1S/C20H29NO4/c1-15(2)13-17(21-19(23)25-20(3,4)5)11-12-18(22)24-14-16-9-7-6-8-10-16/h6-12,15,17H,13-14H2,1-5H3,(H,21,23)/b12-11+/t17-/m1/s1. The second-order valence-electron chi connectivity index (χ2n) is 7.33. The number of carbonyl (C=O) groups is 2. The van der Waals surface area contributed by atoms with Crippen LogP contribution in [0.3, 0.4) is 0 Å². The highest BCUT2D eigenvalue weighted by molar-refractivity contribution is 5.82. The first-order valence-corrected chi connectivity index (χ1v) is 8.54. The number of amides is 1. The molecule has 0 spiro atoms. The topological polar surface area (TPSA) is 64.6 Å². The summed E-state index contributed by atoms with van der Waals surface area (Å²) >= 11 is 0. The number of rotatable bonds is 7. The lowest BCUT2D eigenvalue weighted by atomic mass is 10.0. The fourth-order valence-electron chi connectivity index (χ4n) is 2.12. The SMILES string of the molecule is CC(C)C[C@@H](/C=C/C(=O)OCc1ccccc1)NC(=O)OC(C)(C)C.